The van der Waals surface area contributed by atoms with Gasteiger partial charge in [0.1, 0.15) is 11.6 Å². The molecule has 4 nitrogen and oxygen atoms in total. The molecule has 0 saturated heterocycles. The number of phenolic OH excluding ortho intramolecular Hbond substituents is 1. The molecule has 0 aliphatic carbocycles. The Hall–Kier alpha value is -2.08. The van der Waals surface area contributed by atoms with E-state index in [9.17, 15) is 17.9 Å². The molecule has 0 bridgehead atoms. The molecule has 0 aliphatic rings. The molecular formula is C15H16FNO3S. The minimum absolute atomic E-state index is 0.153. The fourth-order valence-corrected chi connectivity index (χ4v) is 2.94. The number of phenols is 1. The van der Waals surface area contributed by atoms with Gasteiger partial charge in [-0.25, -0.2) is 12.8 Å². The monoisotopic (exact) mass is 309 g/mol. The van der Waals surface area contributed by atoms with Crippen LogP contribution in [0.1, 0.15) is 18.5 Å². The highest BCUT2D eigenvalue weighted by Crippen LogP contribution is 2.27. The highest BCUT2D eigenvalue weighted by molar-refractivity contribution is 7.90. The molecule has 1 unspecified atom stereocenters. The van der Waals surface area contributed by atoms with Gasteiger partial charge in [0.15, 0.2) is 9.84 Å². The Labute approximate surface area is 123 Å². The van der Waals surface area contributed by atoms with Crippen LogP contribution in [0.3, 0.4) is 0 Å². The number of hydrogen-bond acceptors (Lipinski definition) is 4. The number of hydrogen-bond donors (Lipinski definition) is 2. The van der Waals surface area contributed by atoms with Crippen molar-refractivity contribution in [3.63, 3.8) is 0 Å². The molecule has 1 atom stereocenters. The summed E-state index contributed by atoms with van der Waals surface area (Å²) in [4.78, 5) is 0.163. The molecular weight excluding hydrogens is 293 g/mol. The zero-order chi connectivity index (χ0) is 15.6. The van der Waals surface area contributed by atoms with E-state index in [2.05, 4.69) is 5.32 Å². The van der Waals surface area contributed by atoms with E-state index in [0.717, 1.165) is 12.3 Å². The first kappa shape index (κ1) is 15.3. The Bertz CT molecular complexity index is 759. The van der Waals surface area contributed by atoms with Crippen molar-refractivity contribution in [1.29, 1.82) is 0 Å². The maximum Gasteiger partial charge on any atom is 0.177 e. The quantitative estimate of drug-likeness (QED) is 0.910. The summed E-state index contributed by atoms with van der Waals surface area (Å²) >= 11 is 0. The molecule has 0 heterocycles. The van der Waals surface area contributed by atoms with Crippen molar-refractivity contribution in [2.24, 2.45) is 0 Å². The zero-order valence-corrected chi connectivity index (χ0v) is 12.5. The van der Waals surface area contributed by atoms with Crippen LogP contribution in [0.15, 0.2) is 47.4 Å². The lowest BCUT2D eigenvalue weighted by Crippen LogP contribution is -2.11. The third kappa shape index (κ3) is 3.52. The number of aromatic hydroxyl groups is 1. The standard InChI is InChI=1S/C15H16FNO3S/c1-10(12-8-7-11(18)9-13(12)16)17-14-5-3-4-6-15(14)21(2,19)20/h3-10,17-18H,1-2H3. The Balaban J connectivity index is 2.34. The molecule has 2 rings (SSSR count). The van der Waals surface area contributed by atoms with Crippen LogP contribution in [-0.2, 0) is 9.84 Å². The van der Waals surface area contributed by atoms with Crippen molar-refractivity contribution < 1.29 is 17.9 Å². The molecule has 0 saturated carbocycles. The maximum atomic E-state index is 13.8. The molecule has 0 fully saturated rings. The third-order valence-electron chi connectivity index (χ3n) is 3.11. The summed E-state index contributed by atoms with van der Waals surface area (Å²) in [7, 11) is -3.37. The summed E-state index contributed by atoms with van der Waals surface area (Å²) in [6.07, 6.45) is 1.12. The first-order chi connectivity index (χ1) is 9.79. The Morgan fingerprint density at radius 3 is 2.48 bits per heavy atom. The number of sulfone groups is 1. The fourth-order valence-electron chi connectivity index (χ4n) is 2.09. The van der Waals surface area contributed by atoms with Crippen LogP contribution in [-0.4, -0.2) is 19.8 Å². The third-order valence-corrected chi connectivity index (χ3v) is 4.26. The molecule has 0 aliphatic heterocycles. The maximum absolute atomic E-state index is 13.8. The van der Waals surface area contributed by atoms with E-state index in [1.807, 2.05) is 0 Å². The fraction of sp³-hybridized carbons (Fsp3) is 0.200. The topological polar surface area (TPSA) is 66.4 Å². The lowest BCUT2D eigenvalue weighted by molar-refractivity contribution is 0.467. The summed E-state index contributed by atoms with van der Waals surface area (Å²) in [6, 6.07) is 9.89. The van der Waals surface area contributed by atoms with Crippen LogP contribution < -0.4 is 5.32 Å². The lowest BCUT2D eigenvalue weighted by Gasteiger charge is -2.18. The number of benzene rings is 2. The molecule has 6 heteroatoms. The van der Waals surface area contributed by atoms with Gasteiger partial charge in [0.05, 0.1) is 16.6 Å². The van der Waals surface area contributed by atoms with Gasteiger partial charge in [-0.2, -0.15) is 0 Å². The van der Waals surface area contributed by atoms with Crippen LogP contribution in [0.2, 0.25) is 0 Å². The van der Waals surface area contributed by atoms with Crippen molar-refractivity contribution in [1.82, 2.24) is 0 Å². The van der Waals surface area contributed by atoms with Crippen LogP contribution in [0.4, 0.5) is 10.1 Å². The van der Waals surface area contributed by atoms with Gasteiger partial charge in [0, 0.05) is 17.9 Å². The number of anilines is 1. The summed E-state index contributed by atoms with van der Waals surface area (Å²) in [6.45, 7) is 1.72. The minimum atomic E-state index is -3.37. The van der Waals surface area contributed by atoms with Gasteiger partial charge in [0.25, 0.3) is 0 Å². The Morgan fingerprint density at radius 2 is 1.86 bits per heavy atom. The van der Waals surface area contributed by atoms with E-state index >= 15 is 0 Å². The first-order valence-corrected chi connectivity index (χ1v) is 8.22. The summed E-state index contributed by atoms with van der Waals surface area (Å²) in [5.74, 6) is -0.702. The second-order valence-electron chi connectivity index (χ2n) is 4.84. The second-order valence-corrected chi connectivity index (χ2v) is 6.82. The van der Waals surface area contributed by atoms with E-state index in [4.69, 9.17) is 0 Å². The second kappa shape index (κ2) is 5.73. The average molecular weight is 309 g/mol. The van der Waals surface area contributed by atoms with Gasteiger partial charge >= 0.3 is 0 Å². The van der Waals surface area contributed by atoms with Gasteiger partial charge in [-0.3, -0.25) is 0 Å². The van der Waals surface area contributed by atoms with Crippen LogP contribution in [0.25, 0.3) is 0 Å². The van der Waals surface area contributed by atoms with Crippen molar-refractivity contribution in [3.05, 3.63) is 53.8 Å². The van der Waals surface area contributed by atoms with Gasteiger partial charge in [0.2, 0.25) is 0 Å². The predicted molar refractivity (Wildman–Crippen MR) is 79.7 cm³/mol. The number of para-hydroxylation sites is 1. The highest BCUT2D eigenvalue weighted by Gasteiger charge is 2.16. The van der Waals surface area contributed by atoms with Crippen molar-refractivity contribution in [3.8, 4) is 5.75 Å². The first-order valence-electron chi connectivity index (χ1n) is 6.33. The van der Waals surface area contributed by atoms with E-state index in [-0.39, 0.29) is 10.6 Å². The molecule has 2 aromatic rings. The summed E-state index contributed by atoms with van der Waals surface area (Å²) in [5.41, 5.74) is 0.760. The molecule has 2 aromatic carbocycles. The molecule has 112 valence electrons. The Kier molecular flexibility index (Phi) is 4.18. The number of nitrogens with one attached hydrogen (secondary N) is 1. The van der Waals surface area contributed by atoms with Gasteiger partial charge < -0.3 is 10.4 Å². The SMILES string of the molecule is CC(Nc1ccccc1S(C)(=O)=O)c1ccc(O)cc1F. The van der Waals surface area contributed by atoms with E-state index in [1.54, 1.807) is 25.1 Å². The van der Waals surface area contributed by atoms with Crippen molar-refractivity contribution >= 4 is 15.5 Å². The van der Waals surface area contributed by atoms with E-state index in [1.165, 1.54) is 18.2 Å². The zero-order valence-electron chi connectivity index (χ0n) is 11.7. The molecule has 0 spiro atoms. The van der Waals surface area contributed by atoms with E-state index < -0.39 is 21.7 Å². The van der Waals surface area contributed by atoms with Gasteiger partial charge in [-0.05, 0) is 25.1 Å². The molecule has 2 N–H and O–H groups in total. The molecule has 0 amide bonds. The lowest BCUT2D eigenvalue weighted by atomic mass is 10.1. The summed E-state index contributed by atoms with van der Waals surface area (Å²) in [5, 5.41) is 12.2. The molecule has 21 heavy (non-hydrogen) atoms. The smallest absolute Gasteiger partial charge is 0.177 e. The van der Waals surface area contributed by atoms with Crippen LogP contribution >= 0.6 is 0 Å². The number of rotatable bonds is 4. The highest BCUT2D eigenvalue weighted by atomic mass is 32.2. The molecule has 0 aromatic heterocycles. The minimum Gasteiger partial charge on any atom is -0.508 e. The Morgan fingerprint density at radius 1 is 1.19 bits per heavy atom. The largest absolute Gasteiger partial charge is 0.508 e. The van der Waals surface area contributed by atoms with Crippen molar-refractivity contribution in [2.75, 3.05) is 11.6 Å². The van der Waals surface area contributed by atoms with Gasteiger partial charge in [-0.15, -0.1) is 0 Å². The summed E-state index contributed by atoms with van der Waals surface area (Å²) < 4.78 is 37.3. The number of halogens is 1. The van der Waals surface area contributed by atoms with Crippen LogP contribution in [0.5, 0.6) is 5.75 Å². The normalized spacial score (nSPS) is 12.9. The van der Waals surface area contributed by atoms with Crippen LogP contribution in [0, 0.1) is 5.82 Å². The molecule has 0 radical (unpaired) electrons. The predicted octanol–water partition coefficient (Wildman–Crippen LogP) is 3.11. The van der Waals surface area contributed by atoms with Gasteiger partial charge in [-0.1, -0.05) is 18.2 Å². The van der Waals surface area contributed by atoms with Crippen molar-refractivity contribution in [2.45, 2.75) is 17.9 Å². The average Bonchev–Trinajstić information content (AvgIpc) is 2.37. The van der Waals surface area contributed by atoms with E-state index in [0.29, 0.717) is 11.3 Å².